The van der Waals surface area contributed by atoms with Crippen molar-refractivity contribution in [1.82, 2.24) is 15.2 Å². The lowest BCUT2D eigenvalue weighted by Gasteiger charge is -1.94. The molecule has 2 aromatic heterocycles. The summed E-state index contributed by atoms with van der Waals surface area (Å²) < 4.78 is 10.4. The molecule has 0 aliphatic heterocycles. The van der Waals surface area contributed by atoms with Gasteiger partial charge in [0, 0.05) is 30.8 Å². The summed E-state index contributed by atoms with van der Waals surface area (Å²) in [5.41, 5.74) is 0.876. The van der Waals surface area contributed by atoms with Crippen LogP contribution >= 0.6 is 11.8 Å². The third-order valence-electron chi connectivity index (χ3n) is 1.85. The minimum atomic E-state index is 0.516. The monoisotopic (exact) mass is 237 g/mol. The molecule has 0 aromatic carbocycles. The first kappa shape index (κ1) is 11.1. The number of hydrogen-bond donors (Lipinski definition) is 0. The number of ether oxygens (including phenoxy) is 1. The van der Waals surface area contributed by atoms with Gasteiger partial charge < -0.3 is 9.15 Å². The van der Waals surface area contributed by atoms with Gasteiger partial charge in [-0.2, -0.15) is 0 Å². The van der Waals surface area contributed by atoms with Crippen LogP contribution in [0.5, 0.6) is 0 Å². The molecular formula is C10H11N3O2S. The Balaban J connectivity index is 2.02. The van der Waals surface area contributed by atoms with Crippen LogP contribution < -0.4 is 0 Å². The van der Waals surface area contributed by atoms with Crippen molar-refractivity contribution in [1.29, 1.82) is 0 Å². The van der Waals surface area contributed by atoms with E-state index in [0.29, 0.717) is 17.7 Å². The number of hydrogen-bond acceptors (Lipinski definition) is 6. The summed E-state index contributed by atoms with van der Waals surface area (Å²) in [5, 5.41) is 8.45. The van der Waals surface area contributed by atoms with Gasteiger partial charge in [0.15, 0.2) is 0 Å². The standard InChI is InChI=1S/C10H11N3O2S/c1-14-6-7-16-10-13-12-9(15-10)8-2-4-11-5-3-8/h2-5H,6-7H2,1H3. The highest BCUT2D eigenvalue weighted by Crippen LogP contribution is 2.22. The van der Waals surface area contributed by atoms with E-state index in [1.54, 1.807) is 19.5 Å². The lowest BCUT2D eigenvalue weighted by atomic mass is 10.3. The molecule has 0 aliphatic rings. The van der Waals surface area contributed by atoms with Gasteiger partial charge in [-0.3, -0.25) is 4.98 Å². The number of rotatable bonds is 5. The molecule has 0 radical (unpaired) electrons. The third-order valence-corrected chi connectivity index (χ3v) is 2.63. The minimum absolute atomic E-state index is 0.516. The molecule has 2 aromatic rings. The first-order valence-corrected chi connectivity index (χ1v) is 5.74. The van der Waals surface area contributed by atoms with Crippen LogP contribution in [0.2, 0.25) is 0 Å². The van der Waals surface area contributed by atoms with Gasteiger partial charge in [0.1, 0.15) is 0 Å². The molecule has 0 fully saturated rings. The molecule has 0 bridgehead atoms. The zero-order valence-corrected chi connectivity index (χ0v) is 9.61. The van der Waals surface area contributed by atoms with E-state index in [9.17, 15) is 0 Å². The second kappa shape index (κ2) is 5.62. The first-order chi connectivity index (χ1) is 7.90. The zero-order valence-electron chi connectivity index (χ0n) is 8.79. The van der Waals surface area contributed by atoms with E-state index in [1.807, 2.05) is 12.1 Å². The summed E-state index contributed by atoms with van der Waals surface area (Å²) >= 11 is 1.48. The van der Waals surface area contributed by atoms with E-state index in [4.69, 9.17) is 9.15 Å². The van der Waals surface area contributed by atoms with Crippen LogP contribution in [0.4, 0.5) is 0 Å². The van der Waals surface area contributed by atoms with Gasteiger partial charge in [0.05, 0.1) is 6.61 Å². The maximum absolute atomic E-state index is 5.47. The van der Waals surface area contributed by atoms with Crippen molar-refractivity contribution >= 4 is 11.8 Å². The van der Waals surface area contributed by atoms with Crippen LogP contribution in [0.1, 0.15) is 0 Å². The molecule has 0 spiro atoms. The van der Waals surface area contributed by atoms with Crippen LogP contribution in [-0.2, 0) is 4.74 Å². The highest BCUT2D eigenvalue weighted by molar-refractivity contribution is 7.99. The SMILES string of the molecule is COCCSc1nnc(-c2ccncc2)o1. The Bertz CT molecular complexity index is 433. The Morgan fingerprint density at radius 2 is 2.12 bits per heavy atom. The Morgan fingerprint density at radius 3 is 2.88 bits per heavy atom. The molecule has 5 nitrogen and oxygen atoms in total. The van der Waals surface area contributed by atoms with Gasteiger partial charge in [0.25, 0.3) is 5.22 Å². The fourth-order valence-electron chi connectivity index (χ4n) is 1.09. The predicted molar refractivity (Wildman–Crippen MR) is 60.1 cm³/mol. The third kappa shape index (κ3) is 2.80. The average molecular weight is 237 g/mol. The second-order valence-electron chi connectivity index (χ2n) is 2.95. The number of thioether (sulfide) groups is 1. The Hall–Kier alpha value is -1.40. The molecule has 0 saturated carbocycles. The van der Waals surface area contributed by atoms with Crippen LogP contribution in [0.15, 0.2) is 34.2 Å². The number of pyridine rings is 1. The average Bonchev–Trinajstić information content (AvgIpc) is 2.79. The number of nitrogens with zero attached hydrogens (tertiary/aromatic N) is 3. The normalized spacial score (nSPS) is 10.6. The molecule has 0 atom stereocenters. The molecule has 0 saturated heterocycles. The molecule has 0 amide bonds. The van der Waals surface area contributed by atoms with E-state index >= 15 is 0 Å². The molecule has 2 rings (SSSR count). The molecule has 0 N–H and O–H groups in total. The predicted octanol–water partition coefficient (Wildman–Crippen LogP) is 1.87. The molecule has 6 heteroatoms. The van der Waals surface area contributed by atoms with Gasteiger partial charge in [-0.15, -0.1) is 10.2 Å². The topological polar surface area (TPSA) is 61.0 Å². The Labute approximate surface area is 97.2 Å². The summed E-state index contributed by atoms with van der Waals surface area (Å²) in [6, 6.07) is 3.66. The molecular weight excluding hydrogens is 226 g/mol. The summed E-state index contributed by atoms with van der Waals surface area (Å²) in [7, 11) is 1.66. The number of aromatic nitrogens is 3. The van der Waals surface area contributed by atoms with E-state index in [0.717, 1.165) is 11.3 Å². The lowest BCUT2D eigenvalue weighted by Crippen LogP contribution is -1.90. The van der Waals surface area contributed by atoms with E-state index in [1.165, 1.54) is 11.8 Å². The van der Waals surface area contributed by atoms with Crippen LogP contribution in [0.25, 0.3) is 11.5 Å². The van der Waals surface area contributed by atoms with Crippen LogP contribution in [0.3, 0.4) is 0 Å². The smallest absolute Gasteiger partial charge is 0.276 e. The fourth-order valence-corrected chi connectivity index (χ4v) is 1.75. The molecule has 84 valence electrons. The number of methoxy groups -OCH3 is 1. The highest BCUT2D eigenvalue weighted by Gasteiger charge is 2.07. The molecule has 0 aliphatic carbocycles. The van der Waals surface area contributed by atoms with Crippen LogP contribution in [-0.4, -0.2) is 34.7 Å². The minimum Gasteiger partial charge on any atom is -0.411 e. The quantitative estimate of drug-likeness (QED) is 0.584. The van der Waals surface area contributed by atoms with Crippen molar-refractivity contribution in [3.05, 3.63) is 24.5 Å². The van der Waals surface area contributed by atoms with E-state index in [2.05, 4.69) is 15.2 Å². The second-order valence-corrected chi connectivity index (χ2v) is 4.00. The van der Waals surface area contributed by atoms with Crippen molar-refractivity contribution in [2.45, 2.75) is 5.22 Å². The van der Waals surface area contributed by atoms with Crippen molar-refractivity contribution in [2.75, 3.05) is 19.5 Å². The van der Waals surface area contributed by atoms with Crippen molar-refractivity contribution in [3.63, 3.8) is 0 Å². The van der Waals surface area contributed by atoms with Gasteiger partial charge in [-0.1, -0.05) is 11.8 Å². The Kier molecular flexibility index (Phi) is 3.90. The molecule has 2 heterocycles. The summed E-state index contributed by atoms with van der Waals surface area (Å²) in [6.45, 7) is 0.664. The maximum Gasteiger partial charge on any atom is 0.276 e. The maximum atomic E-state index is 5.47. The summed E-state index contributed by atoms with van der Waals surface area (Å²) in [4.78, 5) is 3.93. The van der Waals surface area contributed by atoms with Crippen LogP contribution in [0, 0.1) is 0 Å². The van der Waals surface area contributed by atoms with Crippen molar-refractivity contribution < 1.29 is 9.15 Å². The van der Waals surface area contributed by atoms with Gasteiger partial charge in [-0.05, 0) is 12.1 Å². The largest absolute Gasteiger partial charge is 0.411 e. The van der Waals surface area contributed by atoms with Crippen molar-refractivity contribution in [2.24, 2.45) is 0 Å². The first-order valence-electron chi connectivity index (χ1n) is 4.76. The molecule has 16 heavy (non-hydrogen) atoms. The lowest BCUT2D eigenvalue weighted by molar-refractivity contribution is 0.218. The summed E-state index contributed by atoms with van der Waals surface area (Å²) in [6.07, 6.45) is 3.38. The highest BCUT2D eigenvalue weighted by atomic mass is 32.2. The molecule has 0 unspecified atom stereocenters. The fraction of sp³-hybridized carbons (Fsp3) is 0.300. The summed E-state index contributed by atoms with van der Waals surface area (Å²) in [5.74, 6) is 1.32. The zero-order chi connectivity index (χ0) is 11.2. The van der Waals surface area contributed by atoms with E-state index < -0.39 is 0 Å². The van der Waals surface area contributed by atoms with Gasteiger partial charge in [-0.25, -0.2) is 0 Å². The van der Waals surface area contributed by atoms with Gasteiger partial charge in [0.2, 0.25) is 5.89 Å². The van der Waals surface area contributed by atoms with E-state index in [-0.39, 0.29) is 0 Å². The Morgan fingerprint density at radius 1 is 1.31 bits per heavy atom. The van der Waals surface area contributed by atoms with Gasteiger partial charge >= 0.3 is 0 Å². The van der Waals surface area contributed by atoms with Crippen molar-refractivity contribution in [3.8, 4) is 11.5 Å².